The van der Waals surface area contributed by atoms with Gasteiger partial charge >= 0.3 is 29.6 Å². The van der Waals surface area contributed by atoms with Gasteiger partial charge in [-0.1, -0.05) is 18.2 Å². The van der Waals surface area contributed by atoms with Crippen LogP contribution in [-0.2, 0) is 32.3 Å². The predicted octanol–water partition coefficient (Wildman–Crippen LogP) is -1.11. The van der Waals surface area contributed by atoms with Crippen LogP contribution in [0.3, 0.4) is 0 Å². The van der Waals surface area contributed by atoms with Gasteiger partial charge in [0.05, 0.1) is 4.92 Å². The van der Waals surface area contributed by atoms with E-state index in [0.717, 1.165) is 6.92 Å². The molecule has 5 N–H and O–H groups in total. The van der Waals surface area contributed by atoms with Crippen LogP contribution in [0, 0.1) is 10.1 Å². The number of carbonyl (C=O) groups excluding carboxylic acids is 1. The number of aliphatic hydroxyl groups excluding tert-OH is 1. The Morgan fingerprint density at radius 1 is 1.19 bits per heavy atom. The number of phenolic OH excluding ortho intramolecular Hbond substituents is 1. The van der Waals surface area contributed by atoms with Crippen LogP contribution in [-0.4, -0.2) is 39.5 Å². The van der Waals surface area contributed by atoms with E-state index < -0.39 is 54.4 Å². The van der Waals surface area contributed by atoms with Crippen molar-refractivity contribution in [3.05, 3.63) is 64.0 Å². The molecule has 13 nitrogen and oxygen atoms in total. The van der Waals surface area contributed by atoms with Crippen LogP contribution in [0.2, 0.25) is 0 Å². The average molecular weight is 514 g/mol. The van der Waals surface area contributed by atoms with Gasteiger partial charge in [0.1, 0.15) is 26.5 Å². The van der Waals surface area contributed by atoms with Crippen LogP contribution in [0.5, 0.6) is 5.75 Å². The van der Waals surface area contributed by atoms with Gasteiger partial charge < -0.3 is 25.6 Å². The fraction of sp³-hybridized carbons (Fsp3) is 0.0625. The minimum absolute atomic E-state index is 0. The van der Waals surface area contributed by atoms with Crippen molar-refractivity contribution in [1.29, 1.82) is 0 Å². The number of aromatic hydroxyl groups is 1. The Bertz CT molecular complexity index is 1140. The molecule has 0 aliphatic rings. The smallest absolute Gasteiger partial charge is 0.744 e. The summed E-state index contributed by atoms with van der Waals surface area (Å²) in [5, 5.41) is 39.8. The molecule has 2 rings (SSSR count). The summed E-state index contributed by atoms with van der Waals surface area (Å²) in [4.78, 5) is 20.9. The van der Waals surface area contributed by atoms with Gasteiger partial charge in [0.25, 0.3) is 11.6 Å². The number of nitro benzene ring substituents is 1. The third kappa shape index (κ3) is 8.30. The Morgan fingerprint density at radius 2 is 1.75 bits per heavy atom. The Labute approximate surface area is 214 Å². The fourth-order valence-corrected chi connectivity index (χ4v) is 2.66. The number of rotatable bonds is 6. The van der Waals surface area contributed by atoms with Gasteiger partial charge in [0, 0.05) is 35.2 Å². The molecule has 0 saturated carbocycles. The molecule has 0 bridgehead atoms. The fourth-order valence-electron chi connectivity index (χ4n) is 2.05. The molecule has 1 amide bonds. The second kappa shape index (κ2) is 13.3. The maximum Gasteiger partial charge on any atom is 1.00 e. The second-order valence-corrected chi connectivity index (χ2v) is 6.83. The number of para-hydroxylation sites is 1. The summed E-state index contributed by atoms with van der Waals surface area (Å²) < 4.78 is 33.6. The van der Waals surface area contributed by atoms with Crippen LogP contribution in [0.4, 0.5) is 17.1 Å². The first-order valence-corrected chi connectivity index (χ1v) is 9.07. The van der Waals surface area contributed by atoms with E-state index in [1.54, 1.807) is 30.3 Å². The van der Waals surface area contributed by atoms with E-state index in [2.05, 4.69) is 15.5 Å². The molecular weight excluding hydrogens is 499 g/mol. The second-order valence-electron chi connectivity index (χ2n) is 5.48. The Morgan fingerprint density at radius 3 is 2.22 bits per heavy atom. The van der Waals surface area contributed by atoms with Crippen molar-refractivity contribution >= 4 is 33.1 Å². The van der Waals surface area contributed by atoms with Crippen molar-refractivity contribution in [3.63, 3.8) is 0 Å². The molecule has 0 radical (unpaired) electrons. The molecule has 0 heterocycles. The van der Waals surface area contributed by atoms with E-state index in [0.29, 0.717) is 17.8 Å². The van der Waals surface area contributed by atoms with Gasteiger partial charge in [-0.3, -0.25) is 14.9 Å². The van der Waals surface area contributed by atoms with Gasteiger partial charge in [0.2, 0.25) is 0 Å². The normalized spacial score (nSPS) is 11.3. The van der Waals surface area contributed by atoms with Crippen molar-refractivity contribution in [3.8, 4) is 5.75 Å². The number of nitrogens with zero attached hydrogens (tertiary/aromatic N) is 3. The molecule has 2 aromatic carbocycles. The zero-order valence-electron chi connectivity index (χ0n) is 16.5. The zero-order chi connectivity index (χ0) is 21.8. The average Bonchev–Trinajstić information content (AvgIpc) is 2.62. The summed E-state index contributed by atoms with van der Waals surface area (Å²) in [5.41, 5.74) is -1.87. The Kier molecular flexibility index (Phi) is 13.2. The molecule has 0 atom stereocenters. The van der Waals surface area contributed by atoms with Crippen molar-refractivity contribution in [2.45, 2.75) is 11.8 Å². The molecular formula is C16H15CrN4NaO9S. The number of benzene rings is 2. The first-order chi connectivity index (χ1) is 13.5. The zero-order valence-corrected chi connectivity index (χ0v) is 20.6. The molecule has 2 aromatic rings. The van der Waals surface area contributed by atoms with Crippen molar-refractivity contribution in [2.75, 3.05) is 5.32 Å². The number of anilines is 1. The van der Waals surface area contributed by atoms with E-state index in [4.69, 9.17) is 0 Å². The Hall–Kier alpha value is -2.35. The largest absolute Gasteiger partial charge is 1.00 e. The molecule has 0 spiro atoms. The van der Waals surface area contributed by atoms with Crippen LogP contribution in [0.25, 0.3) is 0 Å². The maximum atomic E-state index is 12.3. The summed E-state index contributed by atoms with van der Waals surface area (Å²) in [6, 6.07) is 9.10. The van der Waals surface area contributed by atoms with Crippen molar-refractivity contribution < 1.29 is 85.3 Å². The van der Waals surface area contributed by atoms with Crippen molar-refractivity contribution in [2.24, 2.45) is 10.2 Å². The van der Waals surface area contributed by atoms with Gasteiger partial charge in [-0.2, -0.15) is 0 Å². The Balaban J connectivity index is 0. The van der Waals surface area contributed by atoms with Gasteiger partial charge in [-0.15, -0.1) is 10.2 Å². The van der Waals surface area contributed by atoms with Crippen molar-refractivity contribution in [1.82, 2.24) is 0 Å². The SMILES string of the molecule is C/C(O)=C(\N=Nc1cc([N+](=O)[O-])cc(S(=O)(=O)[O-])c1O)C(=O)Nc1ccccc1.O.[Cr].[Na+]. The molecule has 0 aliphatic heterocycles. The third-order valence-corrected chi connectivity index (χ3v) is 4.22. The minimum Gasteiger partial charge on any atom is -0.744 e. The standard InChI is InChI=1S/C16H14N4O8S.Cr.Na.H2O/c1-9(21)14(16(23)17-10-5-3-2-4-6-10)19-18-12-7-11(20(24)25)8-13(15(12)22)29(26,27)28;;;/h2-8,21-22H,1H3,(H,17,23)(H,26,27,28);;;1H2/q;;+1;/p-1/b14-9+,19-18?;;;. The number of hydrogen-bond donors (Lipinski definition) is 3. The number of amides is 1. The van der Waals surface area contributed by atoms with Crippen LogP contribution in [0.15, 0.2) is 69.0 Å². The first kappa shape index (κ1) is 31.8. The topological polar surface area (TPSA) is 226 Å². The van der Waals surface area contributed by atoms with Crippen LogP contribution < -0.4 is 34.9 Å². The van der Waals surface area contributed by atoms with Gasteiger partial charge in [0.15, 0.2) is 11.4 Å². The third-order valence-electron chi connectivity index (χ3n) is 3.37. The van der Waals surface area contributed by atoms with E-state index in [1.165, 1.54) is 0 Å². The van der Waals surface area contributed by atoms with E-state index in [1.807, 2.05) is 0 Å². The summed E-state index contributed by atoms with van der Waals surface area (Å²) in [5.74, 6) is -2.67. The quantitative estimate of drug-likeness (QED) is 0.0813. The summed E-state index contributed by atoms with van der Waals surface area (Å²) in [6.07, 6.45) is 0. The van der Waals surface area contributed by atoms with E-state index in [-0.39, 0.29) is 52.4 Å². The minimum atomic E-state index is -5.27. The number of hydrogen-bond acceptors (Lipinski definition) is 10. The number of non-ortho nitro benzene ring substituents is 1. The number of phenols is 1. The number of carbonyl (C=O) groups is 1. The van der Waals surface area contributed by atoms with E-state index in [9.17, 15) is 38.1 Å². The van der Waals surface area contributed by atoms with E-state index >= 15 is 0 Å². The van der Waals surface area contributed by atoms with Gasteiger partial charge in [-0.25, -0.2) is 8.42 Å². The van der Waals surface area contributed by atoms with Crippen LogP contribution >= 0.6 is 0 Å². The molecule has 0 fully saturated rings. The monoisotopic (exact) mass is 514 g/mol. The molecule has 0 aliphatic carbocycles. The molecule has 32 heavy (non-hydrogen) atoms. The molecule has 0 aromatic heterocycles. The summed E-state index contributed by atoms with van der Waals surface area (Å²) >= 11 is 0. The number of nitrogens with one attached hydrogen (secondary N) is 1. The number of azo groups is 1. The molecule has 0 saturated heterocycles. The predicted molar refractivity (Wildman–Crippen MR) is 101 cm³/mol. The number of aliphatic hydroxyl groups is 1. The number of allylic oxidation sites excluding steroid dienone is 1. The molecule has 0 unspecified atom stereocenters. The molecule has 16 heteroatoms. The summed E-state index contributed by atoms with van der Waals surface area (Å²) in [7, 11) is -5.27. The maximum absolute atomic E-state index is 12.3. The number of nitro groups is 1. The molecule has 166 valence electrons. The summed E-state index contributed by atoms with van der Waals surface area (Å²) in [6.45, 7) is 1.11. The van der Waals surface area contributed by atoms with Gasteiger partial charge in [-0.05, 0) is 19.1 Å². The van der Waals surface area contributed by atoms with Crippen LogP contribution in [0.1, 0.15) is 6.92 Å². The first-order valence-electron chi connectivity index (χ1n) is 7.66.